The SMILES string of the molecule is CC1(C)CN(S(=O)(=O)c2cc(F)cc(F)c2)Cc2c(NC(=O)c3ccc(N4CCOCC4)cc3NC(=O)c3cc[nH]c3)n[nH]c21. The number of carbonyl (C=O) groups excluding carboxylic acids is 2. The summed E-state index contributed by atoms with van der Waals surface area (Å²) in [6.45, 7) is 5.77. The van der Waals surface area contributed by atoms with Crippen molar-refractivity contribution in [3.05, 3.63) is 88.9 Å². The number of rotatable bonds is 7. The Morgan fingerprint density at radius 2 is 1.73 bits per heavy atom. The molecule has 2 aliphatic rings. The Morgan fingerprint density at radius 1 is 1.00 bits per heavy atom. The molecule has 1 fully saturated rings. The number of morpholine rings is 1. The number of nitrogens with zero attached hydrogens (tertiary/aromatic N) is 3. The van der Waals surface area contributed by atoms with Crippen molar-refractivity contribution in [1.29, 1.82) is 0 Å². The number of H-pyrrole nitrogens is 2. The number of ether oxygens (including phenoxy) is 1. The molecule has 1 saturated heterocycles. The standard InChI is InChI=1S/C30H31F2N7O5S/c1-30(2)17-39(45(42,43)22-12-19(31)11-20(32)13-22)16-24-26(30)36-37-27(24)35-29(41)23-4-3-21(38-7-9-44-10-8-38)14-25(23)34-28(40)18-5-6-33-15-18/h3-6,11-15,33H,7-10,16-17H2,1-2H3,(H,34,40)(H2,35,36,37,41). The molecule has 0 atom stereocenters. The number of benzene rings is 2. The Kier molecular flexibility index (Phi) is 7.93. The molecule has 4 aromatic rings. The topological polar surface area (TPSA) is 153 Å². The van der Waals surface area contributed by atoms with E-state index in [0.29, 0.717) is 49.2 Å². The Balaban J connectivity index is 1.31. The molecule has 236 valence electrons. The van der Waals surface area contributed by atoms with E-state index in [1.807, 2.05) is 0 Å². The predicted molar refractivity (Wildman–Crippen MR) is 162 cm³/mol. The molecule has 2 amide bonds. The molecule has 12 nitrogen and oxygen atoms in total. The Morgan fingerprint density at radius 3 is 2.42 bits per heavy atom. The van der Waals surface area contributed by atoms with Crippen molar-refractivity contribution in [3.8, 4) is 0 Å². The van der Waals surface area contributed by atoms with Crippen LogP contribution in [-0.2, 0) is 26.7 Å². The minimum atomic E-state index is -4.32. The number of hydrogen-bond donors (Lipinski definition) is 4. The van der Waals surface area contributed by atoms with E-state index < -0.39 is 43.8 Å². The quantitative estimate of drug-likeness (QED) is 0.240. The van der Waals surface area contributed by atoms with Crippen molar-refractivity contribution in [2.75, 3.05) is 48.4 Å². The van der Waals surface area contributed by atoms with Gasteiger partial charge >= 0.3 is 0 Å². The summed E-state index contributed by atoms with van der Waals surface area (Å²) in [5, 5.41) is 12.8. The summed E-state index contributed by atoms with van der Waals surface area (Å²) < 4.78 is 61.4. The van der Waals surface area contributed by atoms with Crippen LogP contribution in [-0.4, -0.2) is 72.6 Å². The molecule has 6 rings (SSSR count). The van der Waals surface area contributed by atoms with Gasteiger partial charge in [0.25, 0.3) is 11.8 Å². The van der Waals surface area contributed by atoms with Gasteiger partial charge in [0.15, 0.2) is 5.82 Å². The van der Waals surface area contributed by atoms with Crippen LogP contribution in [0.25, 0.3) is 0 Å². The highest BCUT2D eigenvalue weighted by molar-refractivity contribution is 7.89. The first kappa shape index (κ1) is 30.4. The number of amides is 2. The van der Waals surface area contributed by atoms with Crippen LogP contribution in [0.15, 0.2) is 59.8 Å². The molecule has 0 aliphatic carbocycles. The molecule has 0 spiro atoms. The fourth-order valence-corrected chi connectivity index (χ4v) is 7.23. The second-order valence-corrected chi connectivity index (χ2v) is 13.5. The monoisotopic (exact) mass is 639 g/mol. The van der Waals surface area contributed by atoms with Gasteiger partial charge in [-0.3, -0.25) is 14.7 Å². The second kappa shape index (κ2) is 11.7. The van der Waals surface area contributed by atoms with E-state index in [2.05, 4.69) is 30.7 Å². The molecule has 45 heavy (non-hydrogen) atoms. The molecule has 2 aliphatic heterocycles. The zero-order valence-corrected chi connectivity index (χ0v) is 25.3. The fourth-order valence-electron chi connectivity index (χ4n) is 5.62. The lowest BCUT2D eigenvalue weighted by Crippen LogP contribution is -2.45. The first-order chi connectivity index (χ1) is 21.4. The number of aromatic amines is 2. The van der Waals surface area contributed by atoms with E-state index >= 15 is 0 Å². The normalized spacial score (nSPS) is 16.7. The van der Waals surface area contributed by atoms with Crippen molar-refractivity contribution >= 4 is 39.0 Å². The Bertz CT molecular complexity index is 1850. The van der Waals surface area contributed by atoms with Gasteiger partial charge < -0.3 is 25.3 Å². The van der Waals surface area contributed by atoms with Crippen molar-refractivity contribution in [3.63, 3.8) is 0 Å². The number of halogens is 2. The van der Waals surface area contributed by atoms with E-state index in [4.69, 9.17) is 4.74 Å². The number of carbonyl (C=O) groups is 2. The molecule has 0 bridgehead atoms. The van der Waals surface area contributed by atoms with Gasteiger partial charge in [-0.1, -0.05) is 13.8 Å². The number of fused-ring (bicyclic) bond motifs is 1. The highest BCUT2D eigenvalue weighted by Gasteiger charge is 2.41. The lowest BCUT2D eigenvalue weighted by molar-refractivity contribution is 0.102. The first-order valence-electron chi connectivity index (χ1n) is 14.2. The van der Waals surface area contributed by atoms with Crippen LogP contribution in [0.3, 0.4) is 0 Å². The fraction of sp³-hybridized carbons (Fsp3) is 0.300. The van der Waals surface area contributed by atoms with Gasteiger partial charge in [-0.05, 0) is 36.4 Å². The van der Waals surface area contributed by atoms with Gasteiger partial charge in [0.2, 0.25) is 10.0 Å². The maximum atomic E-state index is 13.9. The molecule has 2 aromatic carbocycles. The van der Waals surface area contributed by atoms with Gasteiger partial charge in [0.1, 0.15) is 11.6 Å². The van der Waals surface area contributed by atoms with E-state index in [0.717, 1.165) is 22.1 Å². The molecule has 4 N–H and O–H groups in total. The summed E-state index contributed by atoms with van der Waals surface area (Å²) in [6, 6.07) is 8.85. The van der Waals surface area contributed by atoms with Crippen LogP contribution >= 0.6 is 0 Å². The smallest absolute Gasteiger partial charge is 0.258 e. The van der Waals surface area contributed by atoms with Crippen LogP contribution in [0, 0.1) is 11.6 Å². The van der Waals surface area contributed by atoms with Gasteiger partial charge in [-0.15, -0.1) is 0 Å². The van der Waals surface area contributed by atoms with Crippen LogP contribution in [0.5, 0.6) is 0 Å². The largest absolute Gasteiger partial charge is 0.378 e. The van der Waals surface area contributed by atoms with Gasteiger partial charge in [-0.2, -0.15) is 9.40 Å². The molecule has 0 radical (unpaired) electrons. The highest BCUT2D eigenvalue weighted by Crippen LogP contribution is 2.38. The molecular weight excluding hydrogens is 608 g/mol. The van der Waals surface area contributed by atoms with Gasteiger partial charge in [-0.25, -0.2) is 17.2 Å². The second-order valence-electron chi connectivity index (χ2n) is 11.5. The van der Waals surface area contributed by atoms with E-state index in [1.54, 1.807) is 44.3 Å². The number of hydrogen-bond acceptors (Lipinski definition) is 7. The summed E-state index contributed by atoms with van der Waals surface area (Å²) in [6.07, 6.45) is 3.15. The zero-order valence-electron chi connectivity index (χ0n) is 24.5. The minimum absolute atomic E-state index is 0.00557. The summed E-state index contributed by atoms with van der Waals surface area (Å²) in [5.74, 6) is -2.94. The third-order valence-electron chi connectivity index (χ3n) is 7.89. The molecule has 4 heterocycles. The van der Waals surface area contributed by atoms with E-state index in [-0.39, 0.29) is 30.2 Å². The highest BCUT2D eigenvalue weighted by atomic mass is 32.2. The van der Waals surface area contributed by atoms with Crippen molar-refractivity contribution in [2.24, 2.45) is 0 Å². The summed E-state index contributed by atoms with van der Waals surface area (Å²) in [7, 11) is -4.32. The van der Waals surface area contributed by atoms with Crippen LogP contribution in [0.2, 0.25) is 0 Å². The predicted octanol–water partition coefficient (Wildman–Crippen LogP) is 3.84. The molecule has 0 unspecified atom stereocenters. The van der Waals surface area contributed by atoms with Crippen molar-refractivity contribution < 1.29 is 31.5 Å². The maximum absolute atomic E-state index is 13.9. The average Bonchev–Trinajstić information content (AvgIpc) is 3.68. The number of aromatic nitrogens is 3. The van der Waals surface area contributed by atoms with Crippen molar-refractivity contribution in [1.82, 2.24) is 19.5 Å². The lowest BCUT2D eigenvalue weighted by Gasteiger charge is -2.36. The van der Waals surface area contributed by atoms with Crippen LogP contribution < -0.4 is 15.5 Å². The van der Waals surface area contributed by atoms with E-state index in [1.165, 1.54) is 6.20 Å². The maximum Gasteiger partial charge on any atom is 0.258 e. The Labute approximate surface area is 257 Å². The van der Waals surface area contributed by atoms with Crippen LogP contribution in [0.1, 0.15) is 45.8 Å². The van der Waals surface area contributed by atoms with Crippen molar-refractivity contribution in [2.45, 2.75) is 30.7 Å². The molecule has 2 aromatic heterocycles. The number of nitrogens with one attached hydrogen (secondary N) is 4. The number of sulfonamides is 1. The number of anilines is 3. The van der Waals surface area contributed by atoms with Gasteiger partial charge in [0, 0.05) is 67.0 Å². The Hall–Kier alpha value is -4.60. The van der Waals surface area contributed by atoms with Crippen LogP contribution in [0.4, 0.5) is 26.0 Å². The van der Waals surface area contributed by atoms with E-state index in [9.17, 15) is 26.8 Å². The third-order valence-corrected chi connectivity index (χ3v) is 9.66. The first-order valence-corrected chi connectivity index (χ1v) is 15.6. The minimum Gasteiger partial charge on any atom is -0.378 e. The summed E-state index contributed by atoms with van der Waals surface area (Å²) >= 11 is 0. The molecule has 0 saturated carbocycles. The third kappa shape index (κ3) is 6.06. The zero-order chi connectivity index (χ0) is 31.9. The van der Waals surface area contributed by atoms with Gasteiger partial charge in [0.05, 0.1) is 34.9 Å². The lowest BCUT2D eigenvalue weighted by atomic mass is 9.84. The summed E-state index contributed by atoms with van der Waals surface area (Å²) in [4.78, 5) is 31.1. The molecule has 15 heteroatoms. The molecular formula is C30H31F2N7O5S. The summed E-state index contributed by atoms with van der Waals surface area (Å²) in [5.41, 5.74) is 1.82. The average molecular weight is 640 g/mol.